The molecule has 0 aromatic heterocycles. The third kappa shape index (κ3) is 30.1. The van der Waals surface area contributed by atoms with Gasteiger partial charge >= 0.3 is 0 Å². The fourth-order valence-electron chi connectivity index (χ4n) is 1.35. The third-order valence-corrected chi connectivity index (χ3v) is 2.43. The molecular weight excluding hydrogens is 252 g/mol. The van der Waals surface area contributed by atoms with Crippen molar-refractivity contribution < 1.29 is 9.59 Å². The van der Waals surface area contributed by atoms with Crippen molar-refractivity contribution in [2.75, 3.05) is 7.05 Å². The topological polar surface area (TPSA) is 72.2 Å². The van der Waals surface area contributed by atoms with Crippen molar-refractivity contribution in [1.29, 1.82) is 0 Å². The lowest BCUT2D eigenvalue weighted by molar-refractivity contribution is -0.118. The molecule has 0 aromatic carbocycles. The zero-order valence-corrected chi connectivity index (χ0v) is 14.1. The average molecular weight is 286 g/mol. The molecule has 3 N–H and O–H groups in total. The summed E-state index contributed by atoms with van der Waals surface area (Å²) in [5.41, 5.74) is 5.05. The number of hydrogen-bond acceptors (Lipinski definition) is 2. The van der Waals surface area contributed by atoms with Crippen LogP contribution in [0.4, 0.5) is 0 Å². The first kappa shape index (κ1) is 23.7. The minimum Gasteiger partial charge on any atom is -0.370 e. The Labute approximate surface area is 125 Å². The average Bonchev–Trinajstić information content (AvgIpc) is 3.24. The van der Waals surface area contributed by atoms with Crippen LogP contribution in [0.25, 0.3) is 0 Å². The Morgan fingerprint density at radius 3 is 1.90 bits per heavy atom. The van der Waals surface area contributed by atoms with Crippen molar-refractivity contribution in [3.8, 4) is 0 Å². The fraction of sp³-hybridized carbons (Fsp3) is 0.750. The Balaban J connectivity index is -0.000000243. The molecule has 1 atom stereocenters. The smallest absolute Gasteiger partial charge is 0.217 e. The van der Waals surface area contributed by atoms with Gasteiger partial charge in [-0.3, -0.25) is 9.59 Å². The number of hydrogen-bond donors (Lipinski definition) is 2. The zero-order chi connectivity index (χ0) is 16.4. The lowest BCUT2D eigenvalue weighted by atomic mass is 10.0. The number of rotatable bonds is 5. The van der Waals surface area contributed by atoms with Gasteiger partial charge in [0.1, 0.15) is 0 Å². The second-order valence-corrected chi connectivity index (χ2v) is 4.53. The molecule has 1 rings (SSSR count). The van der Waals surface area contributed by atoms with Crippen molar-refractivity contribution >= 4 is 12.3 Å². The number of nitrogens with two attached hydrogens (primary N) is 1. The van der Waals surface area contributed by atoms with Gasteiger partial charge in [-0.05, 0) is 32.1 Å². The minimum absolute atomic E-state index is 0.159. The summed E-state index contributed by atoms with van der Waals surface area (Å²) in [6.45, 7) is 10.1. The van der Waals surface area contributed by atoms with Gasteiger partial charge in [-0.25, -0.2) is 0 Å². The molecule has 2 amide bonds. The quantitative estimate of drug-likeness (QED) is 0.601. The van der Waals surface area contributed by atoms with Gasteiger partial charge in [-0.1, -0.05) is 45.8 Å². The maximum atomic E-state index is 10.4. The Morgan fingerprint density at radius 1 is 1.30 bits per heavy atom. The first-order valence-corrected chi connectivity index (χ1v) is 7.48. The van der Waals surface area contributed by atoms with E-state index in [1.165, 1.54) is 19.3 Å². The van der Waals surface area contributed by atoms with Crippen molar-refractivity contribution in [3.05, 3.63) is 12.2 Å². The fourth-order valence-corrected chi connectivity index (χ4v) is 1.35. The number of allylic oxidation sites excluding steroid dienone is 2. The first-order chi connectivity index (χ1) is 9.51. The van der Waals surface area contributed by atoms with E-state index < -0.39 is 0 Å². The molecule has 0 aliphatic heterocycles. The van der Waals surface area contributed by atoms with Gasteiger partial charge in [-0.15, -0.1) is 0 Å². The molecule has 0 saturated heterocycles. The van der Waals surface area contributed by atoms with Crippen molar-refractivity contribution in [2.45, 2.75) is 60.3 Å². The zero-order valence-electron chi connectivity index (χ0n) is 14.1. The minimum atomic E-state index is -0.159. The molecule has 20 heavy (non-hydrogen) atoms. The summed E-state index contributed by atoms with van der Waals surface area (Å²) in [7, 11) is 1.56. The Morgan fingerprint density at radius 2 is 1.70 bits per heavy atom. The van der Waals surface area contributed by atoms with Crippen LogP contribution in [0.15, 0.2) is 12.2 Å². The summed E-state index contributed by atoms with van der Waals surface area (Å²) in [5.74, 6) is 1.26. The van der Waals surface area contributed by atoms with Crippen LogP contribution in [0.3, 0.4) is 0 Å². The number of nitrogens with one attached hydrogen (secondary N) is 1. The van der Waals surface area contributed by atoms with Gasteiger partial charge in [-0.2, -0.15) is 0 Å². The van der Waals surface area contributed by atoms with E-state index in [1.807, 2.05) is 39.8 Å². The standard InChI is InChI=1S/C8H15NO.C4H8.C2H5NO.C2H6/c1-6(5-8(9)10)4-7-2-3-7;1-3-4-2;1-3-2-4;1-2/h6-7H,2-5H2,1H3,(H2,9,10);3-4H,1-2H3;2H,1H3,(H,3,4);1-2H3/b;4-3+;;. The van der Waals surface area contributed by atoms with Crippen molar-refractivity contribution in [2.24, 2.45) is 17.6 Å². The third-order valence-electron chi connectivity index (χ3n) is 2.43. The van der Waals surface area contributed by atoms with Gasteiger partial charge in [0.05, 0.1) is 0 Å². The molecule has 0 bridgehead atoms. The second-order valence-electron chi connectivity index (χ2n) is 4.53. The summed E-state index contributed by atoms with van der Waals surface area (Å²) >= 11 is 0. The molecule has 1 fully saturated rings. The molecule has 0 radical (unpaired) electrons. The molecule has 4 heteroatoms. The van der Waals surface area contributed by atoms with E-state index in [0.717, 1.165) is 5.92 Å². The van der Waals surface area contributed by atoms with Crippen LogP contribution < -0.4 is 11.1 Å². The number of amides is 2. The molecule has 0 spiro atoms. The number of carbonyl (C=O) groups is 2. The van der Waals surface area contributed by atoms with E-state index in [1.54, 1.807) is 7.05 Å². The van der Waals surface area contributed by atoms with E-state index in [-0.39, 0.29) is 5.91 Å². The lowest BCUT2D eigenvalue weighted by Crippen LogP contribution is -2.14. The van der Waals surface area contributed by atoms with Crippen molar-refractivity contribution in [3.63, 3.8) is 0 Å². The van der Waals surface area contributed by atoms with Gasteiger partial charge in [0.25, 0.3) is 0 Å². The molecule has 1 unspecified atom stereocenters. The molecule has 4 nitrogen and oxygen atoms in total. The molecule has 1 saturated carbocycles. The van der Waals surface area contributed by atoms with E-state index in [2.05, 4.69) is 12.2 Å². The van der Waals surface area contributed by atoms with Crippen LogP contribution in [-0.4, -0.2) is 19.4 Å². The molecule has 1 aliphatic rings. The van der Waals surface area contributed by atoms with Crippen LogP contribution in [0.2, 0.25) is 0 Å². The summed E-state index contributed by atoms with van der Waals surface area (Å²) in [5, 5.41) is 2.25. The van der Waals surface area contributed by atoms with Crippen LogP contribution in [0.1, 0.15) is 60.3 Å². The first-order valence-electron chi connectivity index (χ1n) is 7.48. The molecule has 120 valence electrons. The summed E-state index contributed by atoms with van der Waals surface area (Å²) in [6, 6.07) is 0. The SMILES string of the molecule is C/C=C/C.CC.CC(CC(N)=O)CC1CC1.CNC=O. The number of primary amides is 1. The predicted molar refractivity (Wildman–Crippen MR) is 87.3 cm³/mol. The van der Waals surface area contributed by atoms with Gasteiger partial charge in [0.15, 0.2) is 0 Å². The molecule has 0 aromatic rings. The molecule has 0 heterocycles. The highest BCUT2D eigenvalue weighted by Crippen LogP contribution is 2.35. The highest BCUT2D eigenvalue weighted by atomic mass is 16.1. The Bertz CT molecular complexity index is 233. The monoisotopic (exact) mass is 286 g/mol. The Kier molecular flexibility index (Phi) is 23.8. The highest BCUT2D eigenvalue weighted by Gasteiger charge is 2.23. The maximum Gasteiger partial charge on any atom is 0.217 e. The normalized spacial score (nSPS) is 13.5. The van der Waals surface area contributed by atoms with E-state index >= 15 is 0 Å². The van der Waals surface area contributed by atoms with E-state index in [9.17, 15) is 4.79 Å². The van der Waals surface area contributed by atoms with Crippen LogP contribution in [0.5, 0.6) is 0 Å². The Hall–Kier alpha value is -1.32. The van der Waals surface area contributed by atoms with Gasteiger partial charge in [0.2, 0.25) is 12.3 Å². The molecule has 1 aliphatic carbocycles. The van der Waals surface area contributed by atoms with Crippen LogP contribution in [0, 0.1) is 11.8 Å². The van der Waals surface area contributed by atoms with E-state index in [4.69, 9.17) is 10.5 Å². The summed E-state index contributed by atoms with van der Waals surface area (Å²) in [4.78, 5) is 19.5. The lowest BCUT2D eigenvalue weighted by Gasteiger charge is -2.05. The molecular formula is C16H34N2O2. The van der Waals surface area contributed by atoms with Crippen LogP contribution >= 0.6 is 0 Å². The van der Waals surface area contributed by atoms with Gasteiger partial charge in [0, 0.05) is 13.5 Å². The largest absolute Gasteiger partial charge is 0.370 e. The van der Waals surface area contributed by atoms with Crippen LogP contribution in [-0.2, 0) is 9.59 Å². The van der Waals surface area contributed by atoms with E-state index in [0.29, 0.717) is 18.7 Å². The number of carbonyl (C=O) groups excluding carboxylic acids is 2. The van der Waals surface area contributed by atoms with Crippen molar-refractivity contribution in [1.82, 2.24) is 5.32 Å². The predicted octanol–water partition coefficient (Wildman–Crippen LogP) is 3.27. The highest BCUT2D eigenvalue weighted by molar-refractivity contribution is 5.73. The second kappa shape index (κ2) is 20.0. The summed E-state index contributed by atoms with van der Waals surface area (Å²) in [6.07, 6.45) is 9.12. The maximum absolute atomic E-state index is 10.4. The van der Waals surface area contributed by atoms with Gasteiger partial charge < -0.3 is 11.1 Å². The summed E-state index contributed by atoms with van der Waals surface area (Å²) < 4.78 is 0.